The Labute approximate surface area is 145 Å². The Morgan fingerprint density at radius 2 is 1.79 bits per heavy atom. The van der Waals surface area contributed by atoms with Crippen LogP contribution in [0.25, 0.3) is 0 Å². The van der Waals surface area contributed by atoms with E-state index in [4.69, 9.17) is 11.6 Å². The number of urea groups is 1. The van der Waals surface area contributed by atoms with Gasteiger partial charge in [-0.1, -0.05) is 48.0 Å². The second-order valence-corrected chi connectivity index (χ2v) is 5.64. The van der Waals surface area contributed by atoms with Gasteiger partial charge in [-0.2, -0.15) is 0 Å². The first-order valence-electron chi connectivity index (χ1n) is 7.51. The molecular formula is C19H16ClN3O. The molecule has 3 rings (SSSR count). The predicted octanol–water partition coefficient (Wildman–Crippen LogP) is 4.97. The van der Waals surface area contributed by atoms with Gasteiger partial charge in [0.15, 0.2) is 0 Å². The highest BCUT2D eigenvalue weighted by Crippen LogP contribution is 2.18. The molecule has 5 heteroatoms. The Bertz CT molecular complexity index is 809. The molecule has 0 aliphatic rings. The second-order valence-electron chi connectivity index (χ2n) is 5.20. The fourth-order valence-corrected chi connectivity index (χ4v) is 2.51. The number of hydrogen-bond donors (Lipinski definition) is 1. The van der Waals surface area contributed by atoms with Gasteiger partial charge in [0.05, 0.1) is 6.54 Å². The van der Waals surface area contributed by atoms with Crippen molar-refractivity contribution in [3.63, 3.8) is 0 Å². The molecule has 24 heavy (non-hydrogen) atoms. The largest absolute Gasteiger partial charge is 0.327 e. The van der Waals surface area contributed by atoms with E-state index in [-0.39, 0.29) is 6.03 Å². The quantitative estimate of drug-likeness (QED) is 0.730. The van der Waals surface area contributed by atoms with Gasteiger partial charge in [-0.15, -0.1) is 0 Å². The van der Waals surface area contributed by atoms with Crippen LogP contribution >= 0.6 is 11.6 Å². The summed E-state index contributed by atoms with van der Waals surface area (Å²) in [5, 5.41) is 3.53. The number of nitrogens with one attached hydrogen (secondary N) is 1. The maximum Gasteiger partial charge on any atom is 0.327 e. The average Bonchev–Trinajstić information content (AvgIpc) is 2.61. The van der Waals surface area contributed by atoms with Gasteiger partial charge in [-0.05, 0) is 42.0 Å². The van der Waals surface area contributed by atoms with Crippen molar-refractivity contribution in [2.45, 2.75) is 6.54 Å². The van der Waals surface area contributed by atoms with Gasteiger partial charge < -0.3 is 5.32 Å². The van der Waals surface area contributed by atoms with E-state index >= 15 is 0 Å². The molecule has 0 bridgehead atoms. The minimum absolute atomic E-state index is 0.250. The highest BCUT2D eigenvalue weighted by Gasteiger charge is 2.17. The van der Waals surface area contributed by atoms with Crippen LogP contribution in [0, 0.1) is 0 Å². The van der Waals surface area contributed by atoms with Crippen molar-refractivity contribution in [2.75, 3.05) is 10.2 Å². The number of nitrogens with zero attached hydrogens (tertiary/aromatic N) is 2. The van der Waals surface area contributed by atoms with E-state index in [1.807, 2.05) is 60.7 Å². The molecule has 0 unspecified atom stereocenters. The smallest absolute Gasteiger partial charge is 0.307 e. The highest BCUT2D eigenvalue weighted by molar-refractivity contribution is 6.30. The number of amides is 2. The Hall–Kier alpha value is -2.85. The lowest BCUT2D eigenvalue weighted by Crippen LogP contribution is -2.35. The van der Waals surface area contributed by atoms with E-state index < -0.39 is 0 Å². The SMILES string of the molecule is O=C(Nc1ccccc1)N(Cc1cccc(Cl)c1)c1ccccn1. The van der Waals surface area contributed by atoms with Crippen LogP contribution in [0.15, 0.2) is 79.0 Å². The highest BCUT2D eigenvalue weighted by atomic mass is 35.5. The Kier molecular flexibility index (Phi) is 5.08. The van der Waals surface area contributed by atoms with Crippen LogP contribution < -0.4 is 10.2 Å². The topological polar surface area (TPSA) is 45.2 Å². The van der Waals surface area contributed by atoms with E-state index in [2.05, 4.69) is 10.3 Å². The number of hydrogen-bond acceptors (Lipinski definition) is 2. The average molecular weight is 338 g/mol. The third-order valence-corrected chi connectivity index (χ3v) is 3.66. The van der Waals surface area contributed by atoms with Crippen LogP contribution in [0.5, 0.6) is 0 Å². The summed E-state index contributed by atoms with van der Waals surface area (Å²) >= 11 is 6.05. The Morgan fingerprint density at radius 3 is 2.50 bits per heavy atom. The van der Waals surface area contributed by atoms with Crippen molar-refractivity contribution in [3.05, 3.63) is 89.6 Å². The number of para-hydroxylation sites is 1. The number of halogens is 1. The predicted molar refractivity (Wildman–Crippen MR) is 97.3 cm³/mol. The van der Waals surface area contributed by atoms with Crippen LogP contribution in [0.1, 0.15) is 5.56 Å². The molecule has 120 valence electrons. The Morgan fingerprint density at radius 1 is 1.00 bits per heavy atom. The van der Waals surface area contributed by atoms with E-state index in [9.17, 15) is 4.79 Å². The number of benzene rings is 2. The number of anilines is 2. The summed E-state index contributed by atoms with van der Waals surface area (Å²) in [6.45, 7) is 0.371. The van der Waals surface area contributed by atoms with E-state index in [0.717, 1.165) is 11.3 Å². The molecule has 0 fully saturated rings. The lowest BCUT2D eigenvalue weighted by atomic mass is 10.2. The van der Waals surface area contributed by atoms with E-state index in [1.165, 1.54) is 0 Å². The normalized spacial score (nSPS) is 10.2. The molecule has 0 aliphatic heterocycles. The summed E-state index contributed by atoms with van der Waals surface area (Å²) in [5.74, 6) is 0.575. The minimum Gasteiger partial charge on any atom is -0.307 e. The molecule has 1 N–H and O–H groups in total. The molecule has 2 amide bonds. The van der Waals surface area contributed by atoms with Crippen molar-refractivity contribution >= 4 is 29.1 Å². The number of carbonyl (C=O) groups is 1. The van der Waals surface area contributed by atoms with Gasteiger partial charge in [0.25, 0.3) is 0 Å². The molecule has 0 aliphatic carbocycles. The molecule has 0 saturated carbocycles. The first-order valence-corrected chi connectivity index (χ1v) is 7.89. The summed E-state index contributed by atoms with van der Waals surface area (Å²) in [4.78, 5) is 18.6. The maximum atomic E-state index is 12.7. The molecule has 1 heterocycles. The van der Waals surface area contributed by atoms with Crippen molar-refractivity contribution < 1.29 is 4.79 Å². The fourth-order valence-electron chi connectivity index (χ4n) is 2.30. The first kappa shape index (κ1) is 16.0. The third-order valence-electron chi connectivity index (χ3n) is 3.43. The molecule has 3 aromatic rings. The number of rotatable bonds is 4. The first-order chi connectivity index (χ1) is 11.7. The van der Waals surface area contributed by atoms with Crippen LogP contribution in [0.2, 0.25) is 5.02 Å². The van der Waals surface area contributed by atoms with E-state index in [1.54, 1.807) is 23.2 Å². The lowest BCUT2D eigenvalue weighted by Gasteiger charge is -2.22. The van der Waals surface area contributed by atoms with Gasteiger partial charge >= 0.3 is 6.03 Å². The maximum absolute atomic E-state index is 12.7. The van der Waals surface area contributed by atoms with Crippen molar-refractivity contribution in [2.24, 2.45) is 0 Å². The van der Waals surface area contributed by atoms with Gasteiger partial charge in [0, 0.05) is 16.9 Å². The standard InChI is InChI=1S/C19H16ClN3O/c20-16-8-6-7-15(13-16)14-23(18-11-4-5-12-21-18)19(24)22-17-9-2-1-3-10-17/h1-13H,14H2,(H,22,24). The minimum atomic E-state index is -0.250. The fraction of sp³-hybridized carbons (Fsp3) is 0.0526. The van der Waals surface area contributed by atoms with Crippen molar-refractivity contribution in [1.29, 1.82) is 0 Å². The lowest BCUT2D eigenvalue weighted by molar-refractivity contribution is 0.256. The second kappa shape index (κ2) is 7.62. The summed E-state index contributed by atoms with van der Waals surface area (Å²) < 4.78 is 0. The van der Waals surface area contributed by atoms with Crippen LogP contribution in [0.3, 0.4) is 0 Å². The van der Waals surface area contributed by atoms with Gasteiger partial charge in [0.2, 0.25) is 0 Å². The molecule has 4 nitrogen and oxygen atoms in total. The summed E-state index contributed by atoms with van der Waals surface area (Å²) in [6, 6.07) is 22.0. The monoisotopic (exact) mass is 337 g/mol. The van der Waals surface area contributed by atoms with Crippen LogP contribution in [-0.4, -0.2) is 11.0 Å². The molecule has 0 atom stereocenters. The van der Waals surface area contributed by atoms with E-state index in [0.29, 0.717) is 17.4 Å². The van der Waals surface area contributed by atoms with Gasteiger partial charge in [-0.3, -0.25) is 4.90 Å². The zero-order valence-electron chi connectivity index (χ0n) is 12.9. The molecule has 0 spiro atoms. The van der Waals surface area contributed by atoms with Gasteiger partial charge in [-0.25, -0.2) is 9.78 Å². The Balaban J connectivity index is 1.86. The zero-order valence-corrected chi connectivity index (χ0v) is 13.6. The van der Waals surface area contributed by atoms with Crippen LogP contribution in [-0.2, 0) is 6.54 Å². The molecule has 1 aromatic heterocycles. The number of pyridine rings is 1. The zero-order chi connectivity index (χ0) is 16.8. The van der Waals surface area contributed by atoms with Crippen LogP contribution in [0.4, 0.5) is 16.3 Å². The summed E-state index contributed by atoms with van der Waals surface area (Å²) in [5.41, 5.74) is 1.66. The molecule has 0 saturated heterocycles. The molecule has 0 radical (unpaired) electrons. The summed E-state index contributed by atoms with van der Waals surface area (Å²) in [7, 11) is 0. The summed E-state index contributed by atoms with van der Waals surface area (Å²) in [6.07, 6.45) is 1.66. The number of aromatic nitrogens is 1. The van der Waals surface area contributed by atoms with Crippen molar-refractivity contribution in [3.8, 4) is 0 Å². The van der Waals surface area contributed by atoms with Crippen molar-refractivity contribution in [1.82, 2.24) is 4.98 Å². The van der Waals surface area contributed by atoms with Gasteiger partial charge in [0.1, 0.15) is 5.82 Å². The third kappa shape index (κ3) is 4.12. The molecule has 2 aromatic carbocycles. The number of carbonyl (C=O) groups excluding carboxylic acids is 1. The molecular weight excluding hydrogens is 322 g/mol.